The average Bonchev–Trinajstić information content (AvgIpc) is 2.04. The second-order valence-corrected chi connectivity index (χ2v) is 4.58. The van der Waals surface area contributed by atoms with Gasteiger partial charge in [0.15, 0.2) is 0 Å². The first-order valence-corrected chi connectivity index (χ1v) is 5.21. The Labute approximate surface area is 75.1 Å². The molecule has 2 heteroatoms. The highest BCUT2D eigenvalue weighted by atomic mass is 15.2. The van der Waals surface area contributed by atoms with Crippen molar-refractivity contribution >= 4 is 0 Å². The highest BCUT2D eigenvalue weighted by Gasteiger charge is 2.41. The van der Waals surface area contributed by atoms with E-state index in [4.69, 9.17) is 5.73 Å². The summed E-state index contributed by atoms with van der Waals surface area (Å²) in [5, 5.41) is 0. The number of nitrogens with two attached hydrogens (primary N) is 1. The molecule has 1 saturated carbocycles. The van der Waals surface area contributed by atoms with Crippen LogP contribution in [0.4, 0.5) is 0 Å². The maximum absolute atomic E-state index is 6.41. The fourth-order valence-electron chi connectivity index (χ4n) is 3.01. The minimum Gasteiger partial charge on any atom is -0.324 e. The number of fused-ring (bicyclic) bond motifs is 1. The Morgan fingerprint density at radius 3 is 2.75 bits per heavy atom. The van der Waals surface area contributed by atoms with Crippen LogP contribution in [0.3, 0.4) is 0 Å². The second kappa shape index (κ2) is 3.00. The van der Waals surface area contributed by atoms with Crippen LogP contribution >= 0.6 is 0 Å². The van der Waals surface area contributed by atoms with Crippen molar-refractivity contribution in [2.24, 2.45) is 5.73 Å². The van der Waals surface area contributed by atoms with Gasteiger partial charge in [0.25, 0.3) is 0 Å². The Kier molecular flexibility index (Phi) is 2.13. The maximum Gasteiger partial charge on any atom is 0.0312 e. The van der Waals surface area contributed by atoms with Crippen molar-refractivity contribution in [3.63, 3.8) is 0 Å². The van der Waals surface area contributed by atoms with E-state index in [0.29, 0.717) is 6.04 Å². The van der Waals surface area contributed by atoms with Gasteiger partial charge in [-0.3, -0.25) is 0 Å². The van der Waals surface area contributed by atoms with Crippen molar-refractivity contribution in [3.05, 3.63) is 0 Å². The first kappa shape index (κ1) is 8.52. The molecule has 2 atom stereocenters. The van der Waals surface area contributed by atoms with E-state index < -0.39 is 0 Å². The Morgan fingerprint density at radius 1 is 1.25 bits per heavy atom. The average molecular weight is 168 g/mol. The molecule has 0 spiro atoms. The van der Waals surface area contributed by atoms with Gasteiger partial charge in [0.05, 0.1) is 0 Å². The van der Waals surface area contributed by atoms with Crippen LogP contribution in [0, 0.1) is 0 Å². The van der Waals surface area contributed by atoms with Crippen LogP contribution in [-0.2, 0) is 0 Å². The van der Waals surface area contributed by atoms with E-state index in [2.05, 4.69) is 11.9 Å². The molecule has 2 unspecified atom stereocenters. The van der Waals surface area contributed by atoms with E-state index in [0.717, 1.165) is 0 Å². The van der Waals surface area contributed by atoms with Crippen LogP contribution in [0.15, 0.2) is 0 Å². The number of nitrogens with zero attached hydrogens (tertiary/aromatic N) is 1. The third-order valence-electron chi connectivity index (χ3n) is 3.72. The zero-order valence-electron chi connectivity index (χ0n) is 8.05. The summed E-state index contributed by atoms with van der Waals surface area (Å²) in [6, 6.07) is 0.681. The minimum atomic E-state index is 0.172. The molecule has 70 valence electrons. The molecule has 0 bridgehead atoms. The summed E-state index contributed by atoms with van der Waals surface area (Å²) in [5.41, 5.74) is 6.58. The predicted octanol–water partition coefficient (Wildman–Crippen LogP) is 1.35. The highest BCUT2D eigenvalue weighted by molar-refractivity contribution is 5.01. The number of likely N-dealkylation sites (tertiary alicyclic amines) is 1. The van der Waals surface area contributed by atoms with Gasteiger partial charge in [-0.1, -0.05) is 12.8 Å². The zero-order valence-corrected chi connectivity index (χ0v) is 8.05. The van der Waals surface area contributed by atoms with Crippen molar-refractivity contribution in [1.29, 1.82) is 0 Å². The zero-order chi connectivity index (χ0) is 8.60. The van der Waals surface area contributed by atoms with Crippen LogP contribution in [0.2, 0.25) is 0 Å². The summed E-state index contributed by atoms with van der Waals surface area (Å²) in [6.45, 7) is 1.25. The Hall–Kier alpha value is -0.0800. The second-order valence-electron chi connectivity index (χ2n) is 4.58. The molecule has 0 amide bonds. The first-order chi connectivity index (χ1) is 5.72. The van der Waals surface area contributed by atoms with Crippen molar-refractivity contribution in [2.75, 3.05) is 13.6 Å². The number of hydrogen-bond donors (Lipinski definition) is 1. The van der Waals surface area contributed by atoms with Gasteiger partial charge >= 0.3 is 0 Å². The molecular formula is C10H20N2. The Morgan fingerprint density at radius 2 is 2.00 bits per heavy atom. The summed E-state index contributed by atoms with van der Waals surface area (Å²) in [7, 11) is 2.23. The molecule has 1 saturated heterocycles. The first-order valence-electron chi connectivity index (χ1n) is 5.21. The van der Waals surface area contributed by atoms with Gasteiger partial charge in [-0.15, -0.1) is 0 Å². The SMILES string of the molecule is CN1CCCC2(N)CCCCC12. The van der Waals surface area contributed by atoms with Crippen LogP contribution < -0.4 is 5.73 Å². The smallest absolute Gasteiger partial charge is 0.0312 e. The lowest BCUT2D eigenvalue weighted by Crippen LogP contribution is -2.62. The van der Waals surface area contributed by atoms with Crippen molar-refractivity contribution < 1.29 is 0 Å². The third kappa shape index (κ3) is 1.27. The lowest BCUT2D eigenvalue weighted by atomic mass is 9.72. The standard InChI is InChI=1S/C10H20N2/c1-12-8-4-7-10(11)6-3-2-5-9(10)12/h9H,2-8,11H2,1H3. The van der Waals surface area contributed by atoms with Gasteiger partial charge in [0, 0.05) is 11.6 Å². The van der Waals surface area contributed by atoms with Crippen molar-refractivity contribution in [1.82, 2.24) is 4.90 Å². The molecule has 2 aliphatic rings. The van der Waals surface area contributed by atoms with E-state index in [1.54, 1.807) is 0 Å². The highest BCUT2D eigenvalue weighted by Crippen LogP contribution is 2.36. The fourth-order valence-corrected chi connectivity index (χ4v) is 3.01. The molecule has 0 radical (unpaired) electrons. The molecule has 12 heavy (non-hydrogen) atoms. The van der Waals surface area contributed by atoms with E-state index in [9.17, 15) is 0 Å². The molecule has 0 aromatic carbocycles. The molecule has 0 aromatic rings. The van der Waals surface area contributed by atoms with Crippen LogP contribution in [0.1, 0.15) is 38.5 Å². The number of likely N-dealkylation sites (N-methyl/N-ethyl adjacent to an activating group) is 1. The molecule has 1 aliphatic carbocycles. The largest absolute Gasteiger partial charge is 0.324 e. The van der Waals surface area contributed by atoms with E-state index in [1.165, 1.54) is 45.1 Å². The minimum absolute atomic E-state index is 0.172. The van der Waals surface area contributed by atoms with Gasteiger partial charge in [-0.05, 0) is 39.3 Å². The molecule has 2 N–H and O–H groups in total. The number of hydrogen-bond acceptors (Lipinski definition) is 2. The van der Waals surface area contributed by atoms with Gasteiger partial charge in [0.2, 0.25) is 0 Å². The maximum atomic E-state index is 6.41. The molecule has 1 heterocycles. The van der Waals surface area contributed by atoms with E-state index in [1.807, 2.05) is 0 Å². The molecule has 2 fully saturated rings. The molecule has 0 aromatic heterocycles. The van der Waals surface area contributed by atoms with Crippen LogP contribution in [0.25, 0.3) is 0 Å². The fraction of sp³-hybridized carbons (Fsp3) is 1.00. The molecule has 2 nitrogen and oxygen atoms in total. The summed E-state index contributed by atoms with van der Waals surface area (Å²) in [6.07, 6.45) is 7.86. The third-order valence-corrected chi connectivity index (χ3v) is 3.72. The molecule has 2 rings (SSSR count). The lowest BCUT2D eigenvalue weighted by Gasteiger charge is -2.49. The van der Waals surface area contributed by atoms with Gasteiger partial charge in [-0.2, -0.15) is 0 Å². The summed E-state index contributed by atoms with van der Waals surface area (Å²) >= 11 is 0. The topological polar surface area (TPSA) is 29.3 Å². The van der Waals surface area contributed by atoms with Gasteiger partial charge in [0.1, 0.15) is 0 Å². The normalized spacial score (nSPS) is 44.0. The quantitative estimate of drug-likeness (QED) is 0.591. The van der Waals surface area contributed by atoms with E-state index in [-0.39, 0.29) is 5.54 Å². The molecular weight excluding hydrogens is 148 g/mol. The summed E-state index contributed by atoms with van der Waals surface area (Å²) in [5.74, 6) is 0. The Balaban J connectivity index is 2.12. The number of rotatable bonds is 0. The summed E-state index contributed by atoms with van der Waals surface area (Å²) in [4.78, 5) is 2.47. The van der Waals surface area contributed by atoms with Crippen LogP contribution in [0.5, 0.6) is 0 Å². The lowest BCUT2D eigenvalue weighted by molar-refractivity contribution is 0.0586. The van der Waals surface area contributed by atoms with Gasteiger partial charge < -0.3 is 10.6 Å². The molecule has 1 aliphatic heterocycles. The van der Waals surface area contributed by atoms with Crippen LogP contribution in [-0.4, -0.2) is 30.1 Å². The summed E-state index contributed by atoms with van der Waals surface area (Å²) < 4.78 is 0. The van der Waals surface area contributed by atoms with Gasteiger partial charge in [-0.25, -0.2) is 0 Å². The van der Waals surface area contributed by atoms with Crippen molar-refractivity contribution in [3.8, 4) is 0 Å². The number of piperidine rings is 1. The van der Waals surface area contributed by atoms with Crippen molar-refractivity contribution in [2.45, 2.75) is 50.1 Å². The van der Waals surface area contributed by atoms with E-state index >= 15 is 0 Å². The Bertz CT molecular complexity index is 165. The predicted molar refractivity (Wildman–Crippen MR) is 51.0 cm³/mol. The monoisotopic (exact) mass is 168 g/mol.